The van der Waals surface area contributed by atoms with E-state index in [9.17, 15) is 9.59 Å². The zero-order valence-corrected chi connectivity index (χ0v) is 11.1. The van der Waals surface area contributed by atoms with Gasteiger partial charge in [0.2, 0.25) is 0 Å². The van der Waals surface area contributed by atoms with Gasteiger partial charge in [0.05, 0.1) is 0 Å². The normalized spacial score (nSPS) is 31.2. The Morgan fingerprint density at radius 1 is 1.17 bits per heavy atom. The number of carbonyl (C=O) groups is 2. The Kier molecular flexibility index (Phi) is 3.50. The van der Waals surface area contributed by atoms with Crippen molar-refractivity contribution in [2.45, 2.75) is 46.1 Å². The van der Waals surface area contributed by atoms with E-state index in [4.69, 9.17) is 4.74 Å². The molecule has 0 aromatic carbocycles. The average Bonchev–Trinajstić information content (AvgIpc) is 2.53. The molecule has 1 heterocycles. The zero-order chi connectivity index (χ0) is 13.3. The predicted octanol–water partition coefficient (Wildman–Crippen LogP) is 2.87. The van der Waals surface area contributed by atoms with Gasteiger partial charge in [-0.25, -0.2) is 4.79 Å². The Balaban J connectivity index is 2.43. The van der Waals surface area contributed by atoms with Crippen molar-refractivity contribution >= 4 is 11.8 Å². The molecule has 0 saturated carbocycles. The van der Waals surface area contributed by atoms with Crippen molar-refractivity contribution in [1.29, 1.82) is 0 Å². The molecular formula is C15H18O3. The van der Waals surface area contributed by atoms with E-state index >= 15 is 0 Å². The monoisotopic (exact) mass is 246 g/mol. The zero-order valence-electron chi connectivity index (χ0n) is 11.1. The van der Waals surface area contributed by atoms with Crippen molar-refractivity contribution in [2.75, 3.05) is 0 Å². The van der Waals surface area contributed by atoms with E-state index in [1.54, 1.807) is 6.92 Å². The molecule has 96 valence electrons. The SMILES string of the molecule is CC1=C2C(=O)C/C(C)=C\CC/C(C)=C/[C@@H]2OC1=O. The third-order valence-corrected chi connectivity index (χ3v) is 3.44. The van der Waals surface area contributed by atoms with Gasteiger partial charge in [-0.3, -0.25) is 4.79 Å². The summed E-state index contributed by atoms with van der Waals surface area (Å²) < 4.78 is 5.26. The minimum absolute atomic E-state index is 0.00282. The average molecular weight is 246 g/mol. The van der Waals surface area contributed by atoms with Gasteiger partial charge in [-0.1, -0.05) is 17.2 Å². The van der Waals surface area contributed by atoms with Gasteiger partial charge in [-0.15, -0.1) is 0 Å². The highest BCUT2D eigenvalue weighted by atomic mass is 16.5. The molecule has 18 heavy (non-hydrogen) atoms. The molecule has 0 fully saturated rings. The van der Waals surface area contributed by atoms with Gasteiger partial charge in [-0.2, -0.15) is 0 Å². The number of esters is 1. The molecular weight excluding hydrogens is 228 g/mol. The fourth-order valence-corrected chi connectivity index (χ4v) is 2.38. The van der Waals surface area contributed by atoms with Crippen LogP contribution >= 0.6 is 0 Å². The standard InChI is InChI=1S/C15H18O3/c1-9-5-4-6-10(2)8-13-14(12(16)7-9)11(3)15(17)18-13/h5,8,13H,4,6-7H2,1-3H3/b9-5-,10-8+/t13-/m0/s1. The molecule has 0 bridgehead atoms. The summed E-state index contributed by atoms with van der Waals surface area (Å²) in [7, 11) is 0. The summed E-state index contributed by atoms with van der Waals surface area (Å²) in [5, 5.41) is 0. The molecule has 3 nitrogen and oxygen atoms in total. The highest BCUT2D eigenvalue weighted by Crippen LogP contribution is 2.28. The van der Waals surface area contributed by atoms with E-state index in [1.807, 2.05) is 19.9 Å². The molecule has 0 amide bonds. The van der Waals surface area contributed by atoms with Crippen LogP contribution < -0.4 is 0 Å². The Labute approximate surface area is 107 Å². The number of fused-ring (bicyclic) bond motifs is 1. The molecule has 0 aromatic rings. The third-order valence-electron chi connectivity index (χ3n) is 3.44. The fraction of sp³-hybridized carbons (Fsp3) is 0.467. The van der Waals surface area contributed by atoms with Crippen molar-refractivity contribution in [3.63, 3.8) is 0 Å². The van der Waals surface area contributed by atoms with E-state index in [2.05, 4.69) is 6.08 Å². The second kappa shape index (κ2) is 4.92. The van der Waals surface area contributed by atoms with E-state index in [0.29, 0.717) is 17.6 Å². The lowest BCUT2D eigenvalue weighted by Gasteiger charge is -2.13. The van der Waals surface area contributed by atoms with Gasteiger partial charge < -0.3 is 4.74 Å². The Morgan fingerprint density at radius 3 is 2.61 bits per heavy atom. The third kappa shape index (κ3) is 2.45. The second-order valence-electron chi connectivity index (χ2n) is 5.07. The largest absolute Gasteiger partial charge is 0.450 e. The molecule has 2 rings (SSSR count). The highest BCUT2D eigenvalue weighted by molar-refractivity contribution is 6.08. The van der Waals surface area contributed by atoms with Gasteiger partial charge in [0.1, 0.15) is 6.10 Å². The van der Waals surface area contributed by atoms with Crippen molar-refractivity contribution in [1.82, 2.24) is 0 Å². The quantitative estimate of drug-likeness (QED) is 0.487. The van der Waals surface area contributed by atoms with Crippen LogP contribution in [0.2, 0.25) is 0 Å². The number of hydrogen-bond donors (Lipinski definition) is 0. The molecule has 2 aliphatic rings. The van der Waals surface area contributed by atoms with Gasteiger partial charge in [0, 0.05) is 17.6 Å². The number of rotatable bonds is 0. The van der Waals surface area contributed by atoms with Crippen LogP contribution in [0.1, 0.15) is 40.0 Å². The first-order chi connectivity index (χ1) is 8.49. The summed E-state index contributed by atoms with van der Waals surface area (Å²) in [6, 6.07) is 0. The van der Waals surface area contributed by atoms with Crippen LogP contribution in [0.5, 0.6) is 0 Å². The smallest absolute Gasteiger partial charge is 0.335 e. The molecule has 0 unspecified atom stereocenters. The molecule has 1 atom stereocenters. The number of allylic oxidation sites excluding steroid dienone is 3. The molecule has 1 aliphatic heterocycles. The van der Waals surface area contributed by atoms with Gasteiger partial charge in [0.25, 0.3) is 0 Å². The lowest BCUT2D eigenvalue weighted by Crippen LogP contribution is -2.16. The second-order valence-corrected chi connectivity index (χ2v) is 5.07. The number of carbonyl (C=O) groups excluding carboxylic acids is 2. The Bertz CT molecular complexity index is 492. The summed E-state index contributed by atoms with van der Waals surface area (Å²) in [4.78, 5) is 23.8. The van der Waals surface area contributed by atoms with Crippen molar-refractivity contribution in [3.8, 4) is 0 Å². The highest BCUT2D eigenvalue weighted by Gasteiger charge is 2.34. The maximum Gasteiger partial charge on any atom is 0.335 e. The van der Waals surface area contributed by atoms with Crippen LogP contribution in [-0.4, -0.2) is 17.9 Å². The van der Waals surface area contributed by atoms with E-state index in [1.165, 1.54) is 0 Å². The van der Waals surface area contributed by atoms with Crippen LogP contribution in [0, 0.1) is 0 Å². The first-order valence-electron chi connectivity index (χ1n) is 6.27. The minimum atomic E-state index is -0.476. The van der Waals surface area contributed by atoms with Crippen LogP contribution in [0.4, 0.5) is 0 Å². The van der Waals surface area contributed by atoms with Crippen molar-refractivity contribution in [3.05, 3.63) is 34.4 Å². The lowest BCUT2D eigenvalue weighted by atomic mass is 9.93. The lowest BCUT2D eigenvalue weighted by molar-refractivity contribution is -0.138. The van der Waals surface area contributed by atoms with E-state index in [-0.39, 0.29) is 11.8 Å². The molecule has 1 aliphatic carbocycles. The van der Waals surface area contributed by atoms with Gasteiger partial charge in [0.15, 0.2) is 5.78 Å². The van der Waals surface area contributed by atoms with Gasteiger partial charge in [-0.05, 0) is 39.7 Å². The summed E-state index contributed by atoms with van der Waals surface area (Å²) in [6.45, 7) is 5.64. The number of ketones is 1. The fourth-order valence-electron chi connectivity index (χ4n) is 2.38. The number of ether oxygens (including phenoxy) is 1. The van der Waals surface area contributed by atoms with Crippen LogP contribution in [0.3, 0.4) is 0 Å². The van der Waals surface area contributed by atoms with Gasteiger partial charge >= 0.3 is 5.97 Å². The first-order valence-corrected chi connectivity index (χ1v) is 6.27. The maximum atomic E-state index is 12.2. The predicted molar refractivity (Wildman–Crippen MR) is 69.0 cm³/mol. The first kappa shape index (κ1) is 12.8. The molecule has 3 heteroatoms. The summed E-state index contributed by atoms with van der Waals surface area (Å²) in [6.07, 6.45) is 5.77. The number of Topliss-reactive ketones (excluding diaryl/α,β-unsaturated/α-hetero) is 1. The van der Waals surface area contributed by atoms with E-state index < -0.39 is 6.10 Å². The summed E-state index contributed by atoms with van der Waals surface area (Å²) in [5.41, 5.74) is 3.21. The molecule has 0 saturated heterocycles. The van der Waals surface area contributed by atoms with Crippen LogP contribution in [-0.2, 0) is 14.3 Å². The summed E-state index contributed by atoms with van der Waals surface area (Å²) in [5.74, 6) is -0.365. The van der Waals surface area contributed by atoms with E-state index in [0.717, 1.165) is 24.0 Å². The Hall–Kier alpha value is -1.64. The molecule has 0 N–H and O–H groups in total. The minimum Gasteiger partial charge on any atom is -0.450 e. The number of hydrogen-bond acceptors (Lipinski definition) is 3. The van der Waals surface area contributed by atoms with Crippen LogP contribution in [0.15, 0.2) is 34.4 Å². The Morgan fingerprint density at radius 2 is 1.89 bits per heavy atom. The maximum absolute atomic E-state index is 12.2. The van der Waals surface area contributed by atoms with Crippen molar-refractivity contribution in [2.24, 2.45) is 0 Å². The summed E-state index contributed by atoms with van der Waals surface area (Å²) >= 11 is 0. The van der Waals surface area contributed by atoms with Crippen LogP contribution in [0.25, 0.3) is 0 Å². The molecule has 0 spiro atoms. The molecule has 0 radical (unpaired) electrons. The molecule has 0 aromatic heterocycles. The topological polar surface area (TPSA) is 43.4 Å². The van der Waals surface area contributed by atoms with Crippen molar-refractivity contribution < 1.29 is 14.3 Å².